The van der Waals surface area contributed by atoms with Gasteiger partial charge in [-0.1, -0.05) is 46.7 Å². The summed E-state index contributed by atoms with van der Waals surface area (Å²) in [5.41, 5.74) is 11.5. The fourth-order valence-electron chi connectivity index (χ4n) is 5.29. The van der Waals surface area contributed by atoms with E-state index in [1.165, 1.54) is 0 Å². The lowest BCUT2D eigenvalue weighted by Crippen LogP contribution is -2.30. The van der Waals surface area contributed by atoms with Gasteiger partial charge in [-0.05, 0) is 99.9 Å². The first-order valence-electron chi connectivity index (χ1n) is 15.2. The maximum absolute atomic E-state index is 9.83. The van der Waals surface area contributed by atoms with Gasteiger partial charge in [0, 0.05) is 44.3 Å². The number of nitrogens with one attached hydrogen (secondary N) is 2. The zero-order chi connectivity index (χ0) is 32.5. The summed E-state index contributed by atoms with van der Waals surface area (Å²) in [5, 5.41) is 27.7. The van der Waals surface area contributed by atoms with Crippen LogP contribution in [0, 0.1) is 0 Å². The summed E-state index contributed by atoms with van der Waals surface area (Å²) in [6.45, 7) is 0. The Bertz CT molecular complexity index is 1560. The van der Waals surface area contributed by atoms with Crippen LogP contribution in [0.2, 0.25) is 10.0 Å². The van der Waals surface area contributed by atoms with Gasteiger partial charge in [0.25, 0.3) is 0 Å². The van der Waals surface area contributed by atoms with E-state index in [0.717, 1.165) is 82.6 Å². The van der Waals surface area contributed by atoms with Crippen molar-refractivity contribution < 1.29 is 10.2 Å². The Hall–Kier alpha value is -3.00. The molecule has 0 saturated heterocycles. The van der Waals surface area contributed by atoms with E-state index in [2.05, 4.69) is 30.6 Å². The summed E-state index contributed by atoms with van der Waals surface area (Å²) >= 11 is 15.0. The molecule has 2 aromatic carbocycles. The molecule has 8 N–H and O–H groups in total. The second-order valence-electron chi connectivity index (χ2n) is 11.3. The zero-order valence-electron chi connectivity index (χ0n) is 25.2. The number of benzene rings is 2. The van der Waals surface area contributed by atoms with Crippen molar-refractivity contribution in [2.24, 2.45) is 0 Å². The molecule has 2 aliphatic rings. The smallest absolute Gasteiger partial charge is 0.221 e. The predicted molar refractivity (Wildman–Crippen MR) is 188 cm³/mol. The van der Waals surface area contributed by atoms with Crippen LogP contribution in [0.25, 0.3) is 0 Å². The van der Waals surface area contributed by atoms with Gasteiger partial charge in [-0.2, -0.15) is 9.97 Å². The van der Waals surface area contributed by atoms with Crippen molar-refractivity contribution in [1.82, 2.24) is 19.9 Å². The lowest BCUT2D eigenvalue weighted by Gasteiger charge is -2.27. The number of nitrogens with two attached hydrogens (primary N) is 2. The highest BCUT2D eigenvalue weighted by Gasteiger charge is 2.22. The minimum absolute atomic E-state index is 0.175. The highest BCUT2D eigenvalue weighted by atomic mass is 35.5. The monoisotopic (exact) mass is 700 g/mol. The number of hydrogen-bond acceptors (Lipinski definition) is 12. The van der Waals surface area contributed by atoms with E-state index >= 15 is 0 Å². The van der Waals surface area contributed by atoms with Crippen LogP contribution in [0.15, 0.2) is 80.5 Å². The van der Waals surface area contributed by atoms with Crippen LogP contribution in [0.3, 0.4) is 0 Å². The number of rotatable bonds is 8. The third-order valence-corrected chi connectivity index (χ3v) is 10.2. The molecule has 2 atom stereocenters. The number of aliphatic hydroxyl groups is 2. The predicted octanol–water partition coefficient (Wildman–Crippen LogP) is 7.16. The molecule has 6 rings (SSSR count). The first-order valence-corrected chi connectivity index (χ1v) is 17.6. The molecule has 2 unspecified atom stereocenters. The summed E-state index contributed by atoms with van der Waals surface area (Å²) in [6.07, 6.45) is 10.2. The Morgan fingerprint density at radius 1 is 0.630 bits per heavy atom. The number of nitrogen functional groups attached to an aromatic ring is 2. The average Bonchev–Trinajstić information content (AvgIpc) is 3.03. The summed E-state index contributed by atoms with van der Waals surface area (Å²) in [5.74, 6) is 1.96. The number of nitrogens with zero attached hydrogens (tertiary/aromatic N) is 4. The van der Waals surface area contributed by atoms with Gasteiger partial charge in [-0.15, -0.1) is 0 Å². The van der Waals surface area contributed by atoms with Crippen LogP contribution in [0.1, 0.15) is 51.4 Å². The van der Waals surface area contributed by atoms with E-state index in [1.54, 1.807) is 35.9 Å². The fourth-order valence-corrected chi connectivity index (χ4v) is 7.20. The van der Waals surface area contributed by atoms with Gasteiger partial charge in [0.2, 0.25) is 11.9 Å². The van der Waals surface area contributed by atoms with Crippen LogP contribution in [-0.2, 0) is 0 Å². The van der Waals surface area contributed by atoms with Crippen molar-refractivity contribution >= 4 is 70.3 Å². The van der Waals surface area contributed by atoms with Crippen molar-refractivity contribution in [3.63, 3.8) is 0 Å². The molecule has 10 nitrogen and oxygen atoms in total. The van der Waals surface area contributed by atoms with Crippen LogP contribution in [0.4, 0.5) is 23.5 Å². The number of hydrogen-bond donors (Lipinski definition) is 6. The molecule has 2 heterocycles. The molecule has 0 radical (unpaired) electrons. The van der Waals surface area contributed by atoms with E-state index < -0.39 is 0 Å². The van der Waals surface area contributed by atoms with E-state index in [1.807, 2.05) is 48.5 Å². The zero-order valence-corrected chi connectivity index (χ0v) is 28.3. The summed E-state index contributed by atoms with van der Waals surface area (Å²) in [7, 11) is 0. The molecule has 0 bridgehead atoms. The van der Waals surface area contributed by atoms with Crippen LogP contribution in [-0.4, -0.2) is 54.4 Å². The first kappa shape index (κ1) is 34.3. The summed E-state index contributed by atoms with van der Waals surface area (Å²) in [6, 6.07) is 15.8. The first-order chi connectivity index (χ1) is 22.2. The summed E-state index contributed by atoms with van der Waals surface area (Å²) in [4.78, 5) is 20.8. The molecule has 0 amide bonds. The Balaban J connectivity index is 0.000000181. The van der Waals surface area contributed by atoms with E-state index in [-0.39, 0.29) is 30.1 Å². The van der Waals surface area contributed by atoms with Crippen LogP contribution >= 0.6 is 46.7 Å². The topological polar surface area (TPSA) is 168 Å². The SMILES string of the molecule is Nc1ncc(Sc2ccc(Cl)cc2)c(NC2CCC(O)CC2)n1.Nc1ncc(Sc2ccc(Cl)cc2)c(NC2CCCC(O)C2)n1. The van der Waals surface area contributed by atoms with E-state index in [9.17, 15) is 10.2 Å². The van der Waals surface area contributed by atoms with Gasteiger partial charge in [-0.25, -0.2) is 9.97 Å². The molecule has 0 aliphatic heterocycles. The maximum atomic E-state index is 9.83. The number of anilines is 4. The van der Waals surface area contributed by atoms with E-state index in [4.69, 9.17) is 34.7 Å². The molecule has 2 fully saturated rings. The Morgan fingerprint density at radius 2 is 1.11 bits per heavy atom. The lowest BCUT2D eigenvalue weighted by molar-refractivity contribution is 0.124. The van der Waals surface area contributed by atoms with Gasteiger partial charge >= 0.3 is 0 Å². The van der Waals surface area contributed by atoms with Crippen molar-refractivity contribution in [2.45, 2.75) is 95.2 Å². The molecule has 2 saturated carbocycles. The fraction of sp³-hybridized carbons (Fsp3) is 0.375. The lowest BCUT2D eigenvalue weighted by atomic mass is 9.93. The summed E-state index contributed by atoms with van der Waals surface area (Å²) < 4.78 is 0. The van der Waals surface area contributed by atoms with Crippen molar-refractivity contribution in [3.8, 4) is 0 Å². The number of aliphatic hydroxyl groups excluding tert-OH is 2. The second kappa shape index (κ2) is 16.7. The van der Waals surface area contributed by atoms with Gasteiger partial charge in [0.1, 0.15) is 11.6 Å². The molecular weight excluding hydrogens is 663 g/mol. The minimum Gasteiger partial charge on any atom is -0.393 e. The molecule has 2 aromatic heterocycles. The molecule has 14 heteroatoms. The van der Waals surface area contributed by atoms with Crippen LogP contribution in [0.5, 0.6) is 0 Å². The Morgan fingerprint density at radius 3 is 1.59 bits per heavy atom. The Labute approximate surface area is 287 Å². The largest absolute Gasteiger partial charge is 0.393 e. The van der Waals surface area contributed by atoms with Crippen LogP contribution < -0.4 is 22.1 Å². The quantitative estimate of drug-likeness (QED) is 0.110. The number of aromatic nitrogens is 4. The molecule has 4 aromatic rings. The second-order valence-corrected chi connectivity index (χ2v) is 14.4. The molecule has 2 aliphatic carbocycles. The molecule has 46 heavy (non-hydrogen) atoms. The Kier molecular flexibility index (Phi) is 12.5. The van der Waals surface area contributed by atoms with Gasteiger partial charge in [-0.3, -0.25) is 0 Å². The van der Waals surface area contributed by atoms with Crippen molar-refractivity contribution in [3.05, 3.63) is 71.0 Å². The maximum Gasteiger partial charge on any atom is 0.221 e. The third kappa shape index (κ3) is 10.5. The van der Waals surface area contributed by atoms with Gasteiger partial charge in [0.05, 0.1) is 22.0 Å². The highest BCUT2D eigenvalue weighted by molar-refractivity contribution is 7.99. The number of halogens is 2. The average molecular weight is 702 g/mol. The van der Waals surface area contributed by atoms with Crippen molar-refractivity contribution in [1.29, 1.82) is 0 Å². The third-order valence-electron chi connectivity index (χ3n) is 7.66. The van der Waals surface area contributed by atoms with Gasteiger partial charge < -0.3 is 32.3 Å². The van der Waals surface area contributed by atoms with E-state index in [0.29, 0.717) is 16.1 Å². The minimum atomic E-state index is -0.243. The van der Waals surface area contributed by atoms with Crippen molar-refractivity contribution in [2.75, 3.05) is 22.1 Å². The molecular formula is C32H38Cl2N8O2S2. The molecule has 244 valence electrons. The molecule has 0 spiro atoms. The standard InChI is InChI=1S/2C16H19ClN4OS/c17-10-1-7-13(8-2-10)23-14-9-19-16(18)21-15(14)20-11-3-5-12(22)6-4-11;17-10-4-6-13(7-5-10)23-14-9-19-16(18)21-15(14)20-11-2-1-3-12(22)8-11/h1-2,7-9,11-12,22H,3-6H2,(H3,18,19,20,21);4-7,9,11-12,22H,1-3,8H2,(H3,18,19,20,21). The highest BCUT2D eigenvalue weighted by Crippen LogP contribution is 2.35. The normalized spacial score (nSPS) is 21.1. The van der Waals surface area contributed by atoms with Gasteiger partial charge in [0.15, 0.2) is 0 Å².